The van der Waals surface area contributed by atoms with Crippen molar-refractivity contribution in [3.05, 3.63) is 124 Å². The van der Waals surface area contributed by atoms with Gasteiger partial charge in [-0.1, -0.05) is 54.6 Å². The summed E-state index contributed by atoms with van der Waals surface area (Å²) in [6.45, 7) is 2.25. The summed E-state index contributed by atoms with van der Waals surface area (Å²) >= 11 is 0. The molecule has 196 valence electrons. The van der Waals surface area contributed by atoms with Crippen molar-refractivity contribution in [2.75, 3.05) is 39.2 Å². The quantitative estimate of drug-likeness (QED) is 0.562. The van der Waals surface area contributed by atoms with Gasteiger partial charge in [0.15, 0.2) is 0 Å². The van der Waals surface area contributed by atoms with E-state index >= 15 is 0 Å². The van der Waals surface area contributed by atoms with Crippen LogP contribution in [0, 0.1) is 5.92 Å². The number of ether oxygens (including phenoxy) is 2. The van der Waals surface area contributed by atoms with Gasteiger partial charge in [0.2, 0.25) is 0 Å². The summed E-state index contributed by atoms with van der Waals surface area (Å²) < 4.78 is 13.1. The Morgan fingerprint density at radius 1 is 0.974 bits per heavy atom. The smallest absolute Gasteiger partial charge is 0.138 e. The Morgan fingerprint density at radius 2 is 1.66 bits per heavy atom. The zero-order chi connectivity index (χ0) is 26.3. The summed E-state index contributed by atoms with van der Waals surface area (Å²) in [6.07, 6.45) is 15.4. The van der Waals surface area contributed by atoms with Crippen molar-refractivity contribution in [1.29, 1.82) is 0 Å². The highest BCUT2D eigenvalue weighted by molar-refractivity contribution is 5.56. The number of anilines is 1. The number of allylic oxidation sites excluding steroid dienone is 3. The van der Waals surface area contributed by atoms with Gasteiger partial charge in [0.05, 0.1) is 19.8 Å². The third-order valence-electron chi connectivity index (χ3n) is 8.28. The lowest BCUT2D eigenvalue weighted by molar-refractivity contribution is -0.0448. The zero-order valence-corrected chi connectivity index (χ0v) is 22.4. The molecule has 5 heteroatoms. The third-order valence-corrected chi connectivity index (χ3v) is 8.28. The number of nitrogens with zero attached hydrogens (tertiary/aromatic N) is 2. The fourth-order valence-corrected chi connectivity index (χ4v) is 6.09. The van der Waals surface area contributed by atoms with Crippen LogP contribution in [0.5, 0.6) is 0 Å². The molecule has 2 aromatic rings. The highest BCUT2D eigenvalue weighted by Gasteiger charge is 2.45. The first-order valence-corrected chi connectivity index (χ1v) is 13.5. The largest absolute Gasteiger partial charge is 0.496 e. The molecule has 6 rings (SSSR count). The number of aliphatic hydroxyl groups excluding tert-OH is 1. The van der Waals surface area contributed by atoms with Crippen LogP contribution >= 0.6 is 0 Å². The van der Waals surface area contributed by atoms with Gasteiger partial charge in [0.1, 0.15) is 11.4 Å². The summed E-state index contributed by atoms with van der Waals surface area (Å²) in [5.41, 5.74) is 6.90. The molecule has 3 atom stereocenters. The van der Waals surface area contributed by atoms with Crippen LogP contribution in [0.15, 0.2) is 108 Å². The minimum Gasteiger partial charge on any atom is -0.496 e. The molecule has 0 spiro atoms. The van der Waals surface area contributed by atoms with Crippen LogP contribution in [0.4, 0.5) is 5.69 Å². The lowest BCUT2D eigenvalue weighted by Gasteiger charge is -2.44. The molecular weight excluding hydrogens is 472 g/mol. The molecule has 0 saturated carbocycles. The Hall–Kier alpha value is -3.54. The fourth-order valence-electron chi connectivity index (χ4n) is 6.09. The average Bonchev–Trinajstić information content (AvgIpc) is 3.51. The maximum Gasteiger partial charge on any atom is 0.138 e. The molecule has 2 aliphatic heterocycles. The van der Waals surface area contributed by atoms with Gasteiger partial charge < -0.3 is 24.4 Å². The molecule has 0 amide bonds. The van der Waals surface area contributed by atoms with Gasteiger partial charge in [-0.05, 0) is 65.5 Å². The number of aliphatic hydroxyl groups is 1. The molecule has 3 unspecified atom stereocenters. The topological polar surface area (TPSA) is 45.2 Å². The predicted molar refractivity (Wildman–Crippen MR) is 152 cm³/mol. The van der Waals surface area contributed by atoms with E-state index in [0.717, 1.165) is 41.1 Å². The van der Waals surface area contributed by atoms with Crippen LogP contribution in [0.2, 0.25) is 0 Å². The zero-order valence-electron chi connectivity index (χ0n) is 22.4. The first-order valence-electron chi connectivity index (χ1n) is 13.5. The van der Waals surface area contributed by atoms with Crippen molar-refractivity contribution in [2.24, 2.45) is 5.92 Å². The molecule has 1 fully saturated rings. The molecular formula is C33H36N2O3. The van der Waals surface area contributed by atoms with Crippen molar-refractivity contribution in [2.45, 2.75) is 31.2 Å². The molecule has 5 nitrogen and oxygen atoms in total. The van der Waals surface area contributed by atoms with E-state index in [1.54, 1.807) is 7.11 Å². The number of benzene rings is 2. The molecule has 2 aliphatic carbocycles. The molecule has 4 aliphatic rings. The molecule has 38 heavy (non-hydrogen) atoms. The molecule has 1 N–H and O–H groups in total. The number of rotatable bonds is 6. The second-order valence-corrected chi connectivity index (χ2v) is 10.7. The van der Waals surface area contributed by atoms with E-state index in [9.17, 15) is 5.11 Å². The van der Waals surface area contributed by atoms with Crippen molar-refractivity contribution in [3.8, 4) is 0 Å². The van der Waals surface area contributed by atoms with Crippen molar-refractivity contribution in [3.63, 3.8) is 0 Å². The Balaban J connectivity index is 1.47. The van der Waals surface area contributed by atoms with Crippen LogP contribution in [0.1, 0.15) is 29.5 Å². The second kappa shape index (κ2) is 9.97. The van der Waals surface area contributed by atoms with E-state index in [1.807, 2.05) is 12.1 Å². The van der Waals surface area contributed by atoms with Crippen LogP contribution in [-0.2, 0) is 21.7 Å². The number of hydrogen-bond donors (Lipinski definition) is 1. The van der Waals surface area contributed by atoms with Gasteiger partial charge in [0, 0.05) is 50.1 Å². The van der Waals surface area contributed by atoms with Gasteiger partial charge in [0.25, 0.3) is 0 Å². The number of fused-ring (bicyclic) bond motifs is 3. The molecule has 0 radical (unpaired) electrons. The normalized spacial score (nSPS) is 26.1. The van der Waals surface area contributed by atoms with E-state index in [0.29, 0.717) is 0 Å². The summed E-state index contributed by atoms with van der Waals surface area (Å²) in [5.74, 6) is 0.911. The molecule has 2 heterocycles. The van der Waals surface area contributed by atoms with Crippen LogP contribution in [0.25, 0.3) is 0 Å². The van der Waals surface area contributed by atoms with Crippen LogP contribution < -0.4 is 4.90 Å². The molecule has 1 saturated heterocycles. The first kappa shape index (κ1) is 24.8. The minimum atomic E-state index is -0.778. The third kappa shape index (κ3) is 4.20. The van der Waals surface area contributed by atoms with Gasteiger partial charge in [-0.3, -0.25) is 0 Å². The van der Waals surface area contributed by atoms with Crippen LogP contribution in [-0.4, -0.2) is 50.4 Å². The first-order chi connectivity index (χ1) is 18.5. The molecule has 0 aromatic heterocycles. The summed E-state index contributed by atoms with van der Waals surface area (Å²) in [7, 11) is 5.87. The number of likely N-dealkylation sites (N-methyl/N-ethyl adjacent to an activating group) is 1. The molecule has 0 bridgehead atoms. The fraction of sp³-hybridized carbons (Fsp3) is 0.333. The predicted octanol–water partition coefficient (Wildman–Crippen LogP) is 5.45. The summed E-state index contributed by atoms with van der Waals surface area (Å²) in [6, 6.07) is 17.0. The van der Waals surface area contributed by atoms with Crippen LogP contribution in [0.3, 0.4) is 0 Å². The van der Waals surface area contributed by atoms with Gasteiger partial charge >= 0.3 is 0 Å². The Bertz CT molecular complexity index is 1340. The van der Waals surface area contributed by atoms with Crippen molar-refractivity contribution in [1.82, 2.24) is 4.90 Å². The Morgan fingerprint density at radius 3 is 2.29 bits per heavy atom. The van der Waals surface area contributed by atoms with Gasteiger partial charge in [-0.15, -0.1) is 0 Å². The lowest BCUT2D eigenvalue weighted by atomic mass is 9.75. The SMILES string of the molecule is COC1=C2C=CC(c3ccc(CO)cc3)(c3ccc(N4CCCC4)cc3)OC2C2C=C(N(C)C)C=CC2=C1. The van der Waals surface area contributed by atoms with Gasteiger partial charge in [-0.2, -0.15) is 0 Å². The highest BCUT2D eigenvalue weighted by Crippen LogP contribution is 2.48. The van der Waals surface area contributed by atoms with E-state index in [1.165, 1.54) is 29.8 Å². The second-order valence-electron chi connectivity index (χ2n) is 10.7. The maximum absolute atomic E-state index is 9.67. The van der Waals surface area contributed by atoms with E-state index < -0.39 is 5.60 Å². The lowest BCUT2D eigenvalue weighted by Crippen LogP contribution is -2.43. The maximum atomic E-state index is 9.67. The average molecular weight is 509 g/mol. The summed E-state index contributed by atoms with van der Waals surface area (Å²) in [4.78, 5) is 4.59. The van der Waals surface area contributed by atoms with E-state index in [4.69, 9.17) is 9.47 Å². The van der Waals surface area contributed by atoms with Gasteiger partial charge in [-0.25, -0.2) is 0 Å². The van der Waals surface area contributed by atoms with Crippen molar-refractivity contribution < 1.29 is 14.6 Å². The van der Waals surface area contributed by atoms with E-state index in [-0.39, 0.29) is 18.6 Å². The Kier molecular flexibility index (Phi) is 6.50. The van der Waals surface area contributed by atoms with Crippen molar-refractivity contribution >= 4 is 5.69 Å². The number of hydrogen-bond acceptors (Lipinski definition) is 5. The monoisotopic (exact) mass is 508 g/mol. The summed E-state index contributed by atoms with van der Waals surface area (Å²) in [5, 5.41) is 9.67. The minimum absolute atomic E-state index is 0.0158. The highest BCUT2D eigenvalue weighted by atomic mass is 16.5. The number of methoxy groups -OCH3 is 1. The standard InChI is InChI=1S/C33H36N2O3/c1-34(2)28-13-8-24-20-31(37-3)29-16-17-33(38-32(29)30(24)21-28,25-9-6-23(22-36)7-10-25)26-11-14-27(15-12-26)35-18-4-5-19-35/h6-17,20-21,30,32,36H,4-5,18-19,22H2,1-3H3. The molecule has 2 aromatic carbocycles. The van der Waals surface area contributed by atoms with E-state index in [2.05, 4.69) is 96.7 Å². The Labute approximate surface area is 225 Å².